The lowest BCUT2D eigenvalue weighted by Gasteiger charge is -1.99. The molecular formula is C17H34O2. The van der Waals surface area contributed by atoms with Crippen molar-refractivity contribution in [2.24, 2.45) is 0 Å². The maximum Gasteiger partial charge on any atom is 0.330 e. The molecule has 0 aromatic rings. The molecule has 19 heavy (non-hydrogen) atoms. The van der Waals surface area contributed by atoms with Gasteiger partial charge in [-0.3, -0.25) is 0 Å². The molecule has 2 nitrogen and oxygen atoms in total. The first-order chi connectivity index (χ1) is 9.09. The van der Waals surface area contributed by atoms with Crippen molar-refractivity contribution in [3.8, 4) is 0 Å². The van der Waals surface area contributed by atoms with Crippen LogP contribution in [0, 0.1) is 0 Å². The van der Waals surface area contributed by atoms with Gasteiger partial charge in [0.25, 0.3) is 0 Å². The van der Waals surface area contributed by atoms with Crippen LogP contribution in [0.2, 0.25) is 0 Å². The third-order valence-electron chi connectivity index (χ3n) is 3.23. The maximum absolute atomic E-state index is 9.86. The second-order valence-corrected chi connectivity index (χ2v) is 5.11. The lowest BCUT2D eigenvalue weighted by Crippen LogP contribution is -1.93. The molecule has 0 unspecified atom stereocenters. The molecule has 0 saturated carbocycles. The monoisotopic (exact) mass is 270 g/mol. The summed E-state index contributed by atoms with van der Waals surface area (Å²) in [7, 11) is 0. The molecular weight excluding hydrogens is 236 g/mol. The van der Waals surface area contributed by atoms with E-state index in [1.165, 1.54) is 64.2 Å². The van der Waals surface area contributed by atoms with Crippen molar-refractivity contribution in [2.75, 3.05) is 0 Å². The number of carbonyl (C=O) groups is 1. The first kappa shape index (κ1) is 20.5. The molecule has 2 heteroatoms. The zero-order chi connectivity index (χ0) is 14.9. The molecule has 1 N–H and O–H groups in total. The van der Waals surface area contributed by atoms with E-state index in [0.29, 0.717) is 5.57 Å². The van der Waals surface area contributed by atoms with Crippen LogP contribution >= 0.6 is 0 Å². The third-order valence-corrected chi connectivity index (χ3v) is 3.23. The number of carboxylic acid groups (broad SMARTS) is 1. The first-order valence-electron chi connectivity index (χ1n) is 7.96. The zero-order valence-electron chi connectivity index (χ0n) is 13.5. The van der Waals surface area contributed by atoms with Gasteiger partial charge in [0.05, 0.1) is 0 Å². The van der Waals surface area contributed by atoms with Crippen molar-refractivity contribution in [1.29, 1.82) is 0 Å². The molecule has 0 atom stereocenters. The SMILES string of the molecule is CC=C(C)C(=O)O.CCCCCCCCCCCC. The van der Waals surface area contributed by atoms with Crippen molar-refractivity contribution < 1.29 is 9.90 Å². The van der Waals surface area contributed by atoms with Crippen molar-refractivity contribution in [2.45, 2.75) is 91.9 Å². The van der Waals surface area contributed by atoms with Gasteiger partial charge >= 0.3 is 5.97 Å². The minimum atomic E-state index is -0.845. The van der Waals surface area contributed by atoms with Crippen LogP contribution in [0.1, 0.15) is 91.9 Å². The van der Waals surface area contributed by atoms with Crippen LogP contribution < -0.4 is 0 Å². The van der Waals surface area contributed by atoms with E-state index < -0.39 is 5.97 Å². The van der Waals surface area contributed by atoms with E-state index in [9.17, 15) is 4.79 Å². The van der Waals surface area contributed by atoms with Gasteiger partial charge in [0.2, 0.25) is 0 Å². The Bertz CT molecular complexity index is 209. The van der Waals surface area contributed by atoms with Crippen LogP contribution in [-0.4, -0.2) is 11.1 Å². The standard InChI is InChI=1S/C12H26.C5H8O2/c1-3-5-7-9-11-12-10-8-6-4-2;1-3-4(2)5(6)7/h3-12H2,1-2H3;3H,1-2H3,(H,6,7). The molecule has 114 valence electrons. The Hall–Kier alpha value is -0.790. The molecule has 0 spiro atoms. The Balaban J connectivity index is 0. The van der Waals surface area contributed by atoms with Crippen LogP contribution in [0.25, 0.3) is 0 Å². The topological polar surface area (TPSA) is 37.3 Å². The fourth-order valence-electron chi connectivity index (χ4n) is 1.68. The van der Waals surface area contributed by atoms with Gasteiger partial charge in [0.15, 0.2) is 0 Å². The highest BCUT2D eigenvalue weighted by Gasteiger charge is 1.93. The quantitative estimate of drug-likeness (QED) is 0.392. The third kappa shape index (κ3) is 19.7. The molecule has 0 aromatic carbocycles. The zero-order valence-corrected chi connectivity index (χ0v) is 13.5. The molecule has 0 fully saturated rings. The molecule has 0 rings (SSSR count). The highest BCUT2D eigenvalue weighted by atomic mass is 16.4. The van der Waals surface area contributed by atoms with E-state index in [0.717, 1.165) is 0 Å². The molecule has 0 aliphatic heterocycles. The Morgan fingerprint density at radius 3 is 1.32 bits per heavy atom. The van der Waals surface area contributed by atoms with E-state index >= 15 is 0 Å². The average Bonchev–Trinajstić information content (AvgIpc) is 2.41. The lowest BCUT2D eigenvalue weighted by molar-refractivity contribution is -0.132. The largest absolute Gasteiger partial charge is 0.478 e. The predicted molar refractivity (Wildman–Crippen MR) is 84.6 cm³/mol. The molecule has 0 aliphatic rings. The van der Waals surface area contributed by atoms with E-state index in [1.54, 1.807) is 19.9 Å². The number of carboxylic acids is 1. The smallest absolute Gasteiger partial charge is 0.330 e. The molecule has 0 radical (unpaired) electrons. The summed E-state index contributed by atoms with van der Waals surface area (Å²) in [6.45, 7) is 7.81. The summed E-state index contributed by atoms with van der Waals surface area (Å²) in [5.74, 6) is -0.845. The predicted octanol–water partition coefficient (Wildman–Crippen LogP) is 5.96. The Morgan fingerprint density at radius 1 is 0.842 bits per heavy atom. The van der Waals surface area contributed by atoms with Crippen molar-refractivity contribution in [3.05, 3.63) is 11.6 Å². The highest BCUT2D eigenvalue weighted by Crippen LogP contribution is 2.09. The molecule has 0 aromatic heterocycles. The van der Waals surface area contributed by atoms with E-state index in [2.05, 4.69) is 13.8 Å². The van der Waals surface area contributed by atoms with Crippen molar-refractivity contribution in [1.82, 2.24) is 0 Å². The number of aliphatic carboxylic acids is 1. The lowest BCUT2D eigenvalue weighted by atomic mass is 10.1. The summed E-state index contributed by atoms with van der Waals surface area (Å²) >= 11 is 0. The number of hydrogen-bond donors (Lipinski definition) is 1. The van der Waals surface area contributed by atoms with Gasteiger partial charge in [-0.05, 0) is 13.8 Å². The van der Waals surface area contributed by atoms with E-state index in [-0.39, 0.29) is 0 Å². The second-order valence-electron chi connectivity index (χ2n) is 5.11. The van der Waals surface area contributed by atoms with Gasteiger partial charge in [-0.1, -0.05) is 84.1 Å². The molecule has 0 saturated heterocycles. The highest BCUT2D eigenvalue weighted by molar-refractivity contribution is 5.85. The number of hydrogen-bond acceptors (Lipinski definition) is 1. The normalized spacial score (nSPS) is 10.8. The molecule has 0 aliphatic carbocycles. The Labute approximate surface area is 120 Å². The summed E-state index contributed by atoms with van der Waals surface area (Å²) in [4.78, 5) is 9.86. The van der Waals surface area contributed by atoms with Crippen LogP contribution in [0.4, 0.5) is 0 Å². The van der Waals surface area contributed by atoms with E-state index in [1.807, 2.05) is 0 Å². The van der Waals surface area contributed by atoms with Crippen LogP contribution in [0.15, 0.2) is 11.6 Å². The molecule has 0 bridgehead atoms. The van der Waals surface area contributed by atoms with Gasteiger partial charge in [-0.25, -0.2) is 4.79 Å². The minimum Gasteiger partial charge on any atom is -0.478 e. The van der Waals surface area contributed by atoms with Crippen molar-refractivity contribution >= 4 is 5.97 Å². The fraction of sp³-hybridized carbons (Fsp3) is 0.824. The molecule has 0 amide bonds. The van der Waals surface area contributed by atoms with Gasteiger partial charge in [-0.2, -0.15) is 0 Å². The number of rotatable bonds is 10. The second kappa shape index (κ2) is 17.2. The molecule has 0 heterocycles. The van der Waals surface area contributed by atoms with Crippen LogP contribution in [0.5, 0.6) is 0 Å². The summed E-state index contributed by atoms with van der Waals surface area (Å²) in [6.07, 6.45) is 16.0. The van der Waals surface area contributed by atoms with Gasteiger partial charge in [-0.15, -0.1) is 0 Å². The van der Waals surface area contributed by atoms with Crippen LogP contribution in [0.3, 0.4) is 0 Å². The summed E-state index contributed by atoms with van der Waals surface area (Å²) < 4.78 is 0. The van der Waals surface area contributed by atoms with Crippen LogP contribution in [-0.2, 0) is 4.79 Å². The summed E-state index contributed by atoms with van der Waals surface area (Å²) in [5, 5.41) is 8.11. The average molecular weight is 270 g/mol. The van der Waals surface area contributed by atoms with Crippen molar-refractivity contribution in [3.63, 3.8) is 0 Å². The van der Waals surface area contributed by atoms with E-state index in [4.69, 9.17) is 5.11 Å². The Morgan fingerprint density at radius 2 is 1.16 bits per heavy atom. The minimum absolute atomic E-state index is 0.389. The number of unbranched alkanes of at least 4 members (excludes halogenated alkanes) is 9. The summed E-state index contributed by atoms with van der Waals surface area (Å²) in [6, 6.07) is 0. The first-order valence-corrected chi connectivity index (χ1v) is 7.96. The Kier molecular flexibility index (Phi) is 18.6. The van der Waals surface area contributed by atoms with Gasteiger partial charge in [0.1, 0.15) is 0 Å². The van der Waals surface area contributed by atoms with Gasteiger partial charge in [0, 0.05) is 5.57 Å². The summed E-state index contributed by atoms with van der Waals surface area (Å²) in [5.41, 5.74) is 0.389. The maximum atomic E-state index is 9.86. The fourth-order valence-corrected chi connectivity index (χ4v) is 1.68. The van der Waals surface area contributed by atoms with Gasteiger partial charge < -0.3 is 5.11 Å². The number of allylic oxidation sites excluding steroid dienone is 1.